The lowest BCUT2D eigenvalue weighted by Crippen LogP contribution is -2.24. The van der Waals surface area contributed by atoms with Crippen LogP contribution in [0.1, 0.15) is 35.4 Å². The molecule has 0 spiro atoms. The molecule has 2 nitrogen and oxygen atoms in total. The van der Waals surface area contributed by atoms with Crippen LogP contribution in [-0.2, 0) is 11.2 Å². The maximum atomic E-state index is 11.2. The fourth-order valence-electron chi connectivity index (χ4n) is 3.36. The Kier molecular flexibility index (Phi) is 3.55. The smallest absolute Gasteiger partial charge is 0.217 e. The van der Waals surface area contributed by atoms with E-state index in [0.717, 1.165) is 12.8 Å². The maximum absolute atomic E-state index is 11.2. The molecular weight excluding hydrogens is 246 g/mol. The van der Waals surface area contributed by atoms with Crippen LogP contribution in [0, 0.1) is 5.92 Å². The van der Waals surface area contributed by atoms with Gasteiger partial charge in [0.2, 0.25) is 5.91 Å². The second-order valence-electron chi connectivity index (χ2n) is 5.64. The Hall–Kier alpha value is -2.09. The zero-order valence-electron chi connectivity index (χ0n) is 11.5. The van der Waals surface area contributed by atoms with E-state index in [4.69, 9.17) is 5.73 Å². The molecule has 0 saturated heterocycles. The topological polar surface area (TPSA) is 43.1 Å². The molecule has 0 bridgehead atoms. The molecular formula is C18H19NO. The number of carbonyl (C=O) groups is 1. The first-order chi connectivity index (χ1) is 9.74. The summed E-state index contributed by atoms with van der Waals surface area (Å²) in [4.78, 5) is 11.2. The third kappa shape index (κ3) is 2.60. The van der Waals surface area contributed by atoms with E-state index in [1.807, 2.05) is 6.07 Å². The molecule has 2 N–H and O–H groups in total. The number of hydrogen-bond acceptors (Lipinski definition) is 1. The van der Waals surface area contributed by atoms with Crippen molar-refractivity contribution in [1.29, 1.82) is 0 Å². The zero-order chi connectivity index (χ0) is 13.9. The van der Waals surface area contributed by atoms with Gasteiger partial charge in [-0.05, 0) is 35.4 Å². The highest BCUT2D eigenvalue weighted by Crippen LogP contribution is 2.40. The molecule has 2 atom stereocenters. The lowest BCUT2D eigenvalue weighted by Gasteiger charge is -2.31. The molecule has 0 saturated carbocycles. The van der Waals surface area contributed by atoms with E-state index in [1.54, 1.807) is 0 Å². The molecule has 1 aliphatic carbocycles. The molecule has 20 heavy (non-hydrogen) atoms. The van der Waals surface area contributed by atoms with E-state index in [-0.39, 0.29) is 5.91 Å². The van der Waals surface area contributed by atoms with Crippen molar-refractivity contribution < 1.29 is 4.79 Å². The number of carbonyl (C=O) groups excluding carboxylic acids is 1. The van der Waals surface area contributed by atoms with Crippen molar-refractivity contribution in [2.75, 3.05) is 0 Å². The molecule has 0 aliphatic heterocycles. The highest BCUT2D eigenvalue weighted by molar-refractivity contribution is 5.74. The molecule has 102 valence electrons. The van der Waals surface area contributed by atoms with Crippen LogP contribution in [0.5, 0.6) is 0 Å². The molecule has 2 unspecified atom stereocenters. The monoisotopic (exact) mass is 265 g/mol. The Balaban J connectivity index is 1.97. The molecule has 3 rings (SSSR count). The van der Waals surface area contributed by atoms with Crippen molar-refractivity contribution in [3.63, 3.8) is 0 Å². The van der Waals surface area contributed by atoms with Gasteiger partial charge in [-0.15, -0.1) is 0 Å². The van der Waals surface area contributed by atoms with Crippen LogP contribution in [0.3, 0.4) is 0 Å². The normalized spacial score (nSPS) is 21.2. The lowest BCUT2D eigenvalue weighted by molar-refractivity contribution is -0.119. The van der Waals surface area contributed by atoms with Crippen LogP contribution in [0.2, 0.25) is 0 Å². The standard InChI is InChI=1S/C18H19NO/c19-18(20)12-13-10-15-8-4-5-9-16(15)17(11-13)14-6-2-1-3-7-14/h1-9,13,17H,10-12H2,(H2,19,20). The summed E-state index contributed by atoms with van der Waals surface area (Å²) >= 11 is 0. The van der Waals surface area contributed by atoms with Crippen molar-refractivity contribution in [1.82, 2.24) is 0 Å². The fourth-order valence-corrected chi connectivity index (χ4v) is 3.36. The number of nitrogens with two attached hydrogens (primary N) is 1. The van der Waals surface area contributed by atoms with Gasteiger partial charge in [0.05, 0.1) is 0 Å². The number of primary amides is 1. The molecule has 0 radical (unpaired) electrons. The predicted octanol–water partition coefficient (Wildman–Crippen LogP) is 3.26. The third-order valence-corrected chi connectivity index (χ3v) is 4.20. The number of amides is 1. The van der Waals surface area contributed by atoms with Crippen molar-refractivity contribution in [3.05, 3.63) is 71.3 Å². The van der Waals surface area contributed by atoms with Crippen molar-refractivity contribution in [2.45, 2.75) is 25.2 Å². The van der Waals surface area contributed by atoms with Gasteiger partial charge in [-0.25, -0.2) is 0 Å². The minimum absolute atomic E-state index is 0.193. The predicted molar refractivity (Wildman–Crippen MR) is 80.3 cm³/mol. The Morgan fingerprint density at radius 2 is 1.75 bits per heavy atom. The lowest BCUT2D eigenvalue weighted by atomic mass is 9.73. The summed E-state index contributed by atoms with van der Waals surface area (Å²) in [6, 6.07) is 19.1. The molecule has 0 aromatic heterocycles. The molecule has 2 aromatic carbocycles. The first-order valence-corrected chi connectivity index (χ1v) is 7.15. The summed E-state index contributed by atoms with van der Waals surface area (Å²) in [6.45, 7) is 0. The molecule has 1 aliphatic rings. The summed E-state index contributed by atoms with van der Waals surface area (Å²) < 4.78 is 0. The molecule has 0 fully saturated rings. The molecule has 2 aromatic rings. The van der Waals surface area contributed by atoms with E-state index in [9.17, 15) is 4.79 Å². The van der Waals surface area contributed by atoms with Crippen LogP contribution in [0.15, 0.2) is 54.6 Å². The number of fused-ring (bicyclic) bond motifs is 1. The maximum Gasteiger partial charge on any atom is 0.217 e. The first kappa shape index (κ1) is 12.9. The van der Waals surface area contributed by atoms with Gasteiger partial charge in [-0.2, -0.15) is 0 Å². The van der Waals surface area contributed by atoms with E-state index in [0.29, 0.717) is 18.3 Å². The first-order valence-electron chi connectivity index (χ1n) is 7.15. The van der Waals surface area contributed by atoms with Crippen LogP contribution >= 0.6 is 0 Å². The summed E-state index contributed by atoms with van der Waals surface area (Å²) in [5.74, 6) is 0.541. The van der Waals surface area contributed by atoms with Gasteiger partial charge in [0, 0.05) is 12.3 Å². The van der Waals surface area contributed by atoms with Gasteiger partial charge in [0.25, 0.3) is 0 Å². The third-order valence-electron chi connectivity index (χ3n) is 4.20. The van der Waals surface area contributed by atoms with Gasteiger partial charge in [-0.3, -0.25) is 4.79 Å². The van der Waals surface area contributed by atoms with E-state index < -0.39 is 0 Å². The SMILES string of the molecule is NC(=O)CC1Cc2ccccc2C(c2ccccc2)C1. The minimum Gasteiger partial charge on any atom is -0.370 e. The van der Waals surface area contributed by atoms with Gasteiger partial charge in [-0.1, -0.05) is 54.6 Å². The second kappa shape index (κ2) is 5.49. The van der Waals surface area contributed by atoms with Crippen molar-refractivity contribution in [2.24, 2.45) is 11.7 Å². The van der Waals surface area contributed by atoms with E-state index >= 15 is 0 Å². The van der Waals surface area contributed by atoms with Gasteiger partial charge >= 0.3 is 0 Å². The highest BCUT2D eigenvalue weighted by Gasteiger charge is 2.28. The molecule has 2 heteroatoms. The second-order valence-corrected chi connectivity index (χ2v) is 5.64. The number of hydrogen-bond donors (Lipinski definition) is 1. The average Bonchev–Trinajstić information content (AvgIpc) is 2.47. The van der Waals surface area contributed by atoms with Crippen molar-refractivity contribution >= 4 is 5.91 Å². The fraction of sp³-hybridized carbons (Fsp3) is 0.278. The summed E-state index contributed by atoms with van der Waals surface area (Å²) in [7, 11) is 0. The van der Waals surface area contributed by atoms with E-state index in [1.165, 1.54) is 16.7 Å². The van der Waals surface area contributed by atoms with Crippen molar-refractivity contribution in [3.8, 4) is 0 Å². The van der Waals surface area contributed by atoms with Crippen LogP contribution in [0.4, 0.5) is 0 Å². The highest BCUT2D eigenvalue weighted by atomic mass is 16.1. The van der Waals surface area contributed by atoms with Crippen LogP contribution in [-0.4, -0.2) is 5.91 Å². The zero-order valence-corrected chi connectivity index (χ0v) is 11.5. The molecule has 0 heterocycles. The summed E-state index contributed by atoms with van der Waals surface area (Å²) in [5.41, 5.74) is 9.48. The Labute approximate surface area is 119 Å². The Morgan fingerprint density at radius 1 is 1.05 bits per heavy atom. The largest absolute Gasteiger partial charge is 0.370 e. The number of rotatable bonds is 3. The van der Waals surface area contributed by atoms with Gasteiger partial charge in [0.15, 0.2) is 0 Å². The summed E-state index contributed by atoms with van der Waals surface area (Å²) in [6.07, 6.45) is 2.45. The van der Waals surface area contributed by atoms with E-state index in [2.05, 4.69) is 48.5 Å². The summed E-state index contributed by atoms with van der Waals surface area (Å²) in [5, 5.41) is 0. The van der Waals surface area contributed by atoms with Crippen LogP contribution < -0.4 is 5.73 Å². The molecule has 1 amide bonds. The quantitative estimate of drug-likeness (QED) is 0.909. The average molecular weight is 265 g/mol. The minimum atomic E-state index is -0.193. The van der Waals surface area contributed by atoms with Gasteiger partial charge < -0.3 is 5.73 Å². The van der Waals surface area contributed by atoms with Crippen LogP contribution in [0.25, 0.3) is 0 Å². The number of benzene rings is 2. The Bertz CT molecular complexity index is 606. The Morgan fingerprint density at radius 3 is 2.50 bits per heavy atom. The van der Waals surface area contributed by atoms with Gasteiger partial charge in [0.1, 0.15) is 0 Å².